The predicted octanol–water partition coefficient (Wildman–Crippen LogP) is 3.74. The Bertz CT molecular complexity index is 931. The number of amides is 2. The standard InChI is InChI=1S/C25H35N5O3/c1-24(2,3)18-25(4,5)28-22(31)19-6-8-21(9-7-19)33-23(32)30-14-12-29(13-15-30)17-20-16-26-10-11-27-20/h6-11,16H,12-15,17-18H2,1-5H3,(H,28,31). The van der Waals surface area contributed by atoms with Crippen LogP contribution in [0, 0.1) is 5.41 Å². The molecule has 1 aliphatic rings. The predicted molar refractivity (Wildman–Crippen MR) is 127 cm³/mol. The Labute approximate surface area is 196 Å². The van der Waals surface area contributed by atoms with E-state index in [1.165, 1.54) is 0 Å². The molecule has 0 aliphatic carbocycles. The minimum absolute atomic E-state index is 0.107. The summed E-state index contributed by atoms with van der Waals surface area (Å²) in [6.45, 7) is 13.9. The van der Waals surface area contributed by atoms with Crippen molar-refractivity contribution in [2.45, 2.75) is 53.1 Å². The van der Waals surface area contributed by atoms with Crippen molar-refractivity contribution in [3.63, 3.8) is 0 Å². The maximum absolute atomic E-state index is 12.6. The Hall–Kier alpha value is -3.00. The van der Waals surface area contributed by atoms with Gasteiger partial charge < -0.3 is 15.0 Å². The van der Waals surface area contributed by atoms with Crippen LogP contribution in [-0.2, 0) is 6.54 Å². The van der Waals surface area contributed by atoms with Gasteiger partial charge in [-0.2, -0.15) is 0 Å². The summed E-state index contributed by atoms with van der Waals surface area (Å²) in [6.07, 6.45) is 5.58. The first kappa shape index (κ1) is 24.6. The summed E-state index contributed by atoms with van der Waals surface area (Å²) >= 11 is 0. The molecule has 2 amide bonds. The molecule has 33 heavy (non-hydrogen) atoms. The number of hydrogen-bond acceptors (Lipinski definition) is 6. The van der Waals surface area contributed by atoms with Gasteiger partial charge in [-0.3, -0.25) is 19.7 Å². The molecule has 0 radical (unpaired) electrons. The van der Waals surface area contributed by atoms with Gasteiger partial charge in [0.25, 0.3) is 5.91 Å². The first-order valence-corrected chi connectivity index (χ1v) is 11.4. The molecule has 0 atom stereocenters. The van der Waals surface area contributed by atoms with E-state index in [0.717, 1.165) is 25.2 Å². The highest BCUT2D eigenvalue weighted by Crippen LogP contribution is 2.27. The molecule has 0 spiro atoms. The summed E-state index contributed by atoms with van der Waals surface area (Å²) in [4.78, 5) is 37.5. The van der Waals surface area contributed by atoms with Crippen molar-refractivity contribution in [3.8, 4) is 5.75 Å². The molecule has 1 saturated heterocycles. The van der Waals surface area contributed by atoms with Gasteiger partial charge in [0.15, 0.2) is 0 Å². The molecule has 1 aromatic heterocycles. The number of ether oxygens (including phenoxy) is 1. The molecule has 2 aromatic rings. The van der Waals surface area contributed by atoms with Gasteiger partial charge in [0.2, 0.25) is 0 Å². The number of carbonyl (C=O) groups is 2. The third-order valence-electron chi connectivity index (χ3n) is 5.38. The van der Waals surface area contributed by atoms with E-state index < -0.39 is 0 Å². The minimum atomic E-state index is -0.377. The molecule has 8 nitrogen and oxygen atoms in total. The second kappa shape index (κ2) is 10.3. The molecule has 1 N–H and O–H groups in total. The monoisotopic (exact) mass is 453 g/mol. The highest BCUT2D eigenvalue weighted by atomic mass is 16.6. The zero-order chi connectivity index (χ0) is 24.1. The molecule has 1 aromatic carbocycles. The summed E-state index contributed by atoms with van der Waals surface area (Å²) < 4.78 is 5.52. The number of nitrogens with zero attached hydrogens (tertiary/aromatic N) is 4. The third kappa shape index (κ3) is 7.82. The number of aromatic nitrogens is 2. The van der Waals surface area contributed by atoms with Gasteiger partial charge in [0.1, 0.15) is 5.75 Å². The van der Waals surface area contributed by atoms with Crippen molar-refractivity contribution in [2.75, 3.05) is 26.2 Å². The highest BCUT2D eigenvalue weighted by Gasteiger charge is 2.27. The molecule has 1 fully saturated rings. The average molecular weight is 454 g/mol. The Kier molecular flexibility index (Phi) is 7.68. The SMILES string of the molecule is CC(C)(C)CC(C)(C)NC(=O)c1ccc(OC(=O)N2CCN(Cc3cnccn3)CC2)cc1. The summed E-state index contributed by atoms with van der Waals surface area (Å²) in [5.41, 5.74) is 1.24. The van der Waals surface area contributed by atoms with Crippen molar-refractivity contribution < 1.29 is 14.3 Å². The lowest BCUT2D eigenvalue weighted by Gasteiger charge is -2.33. The number of benzene rings is 1. The summed E-state index contributed by atoms with van der Waals surface area (Å²) in [5.74, 6) is 0.286. The van der Waals surface area contributed by atoms with Crippen LogP contribution in [0.5, 0.6) is 5.75 Å². The number of piperazine rings is 1. The molecule has 0 unspecified atom stereocenters. The third-order valence-corrected chi connectivity index (χ3v) is 5.38. The maximum atomic E-state index is 12.6. The van der Waals surface area contributed by atoms with Gasteiger partial charge in [0.05, 0.1) is 5.69 Å². The van der Waals surface area contributed by atoms with E-state index in [1.807, 2.05) is 13.8 Å². The molecule has 2 heterocycles. The topological polar surface area (TPSA) is 87.7 Å². The van der Waals surface area contributed by atoms with Crippen molar-refractivity contribution >= 4 is 12.0 Å². The fourth-order valence-electron chi connectivity index (χ4n) is 4.32. The first-order chi connectivity index (χ1) is 15.5. The van der Waals surface area contributed by atoms with Crippen LogP contribution in [0.3, 0.4) is 0 Å². The van der Waals surface area contributed by atoms with Gasteiger partial charge in [-0.1, -0.05) is 20.8 Å². The van der Waals surface area contributed by atoms with E-state index >= 15 is 0 Å². The van der Waals surface area contributed by atoms with Crippen molar-refractivity contribution in [2.24, 2.45) is 5.41 Å². The highest BCUT2D eigenvalue weighted by molar-refractivity contribution is 5.94. The molecule has 178 valence electrons. The molecule has 0 bridgehead atoms. The summed E-state index contributed by atoms with van der Waals surface area (Å²) in [6, 6.07) is 6.69. The van der Waals surface area contributed by atoms with E-state index in [2.05, 4.69) is 41.0 Å². The van der Waals surface area contributed by atoms with Crippen molar-refractivity contribution in [1.29, 1.82) is 0 Å². The number of hydrogen-bond donors (Lipinski definition) is 1. The van der Waals surface area contributed by atoms with Crippen LogP contribution in [0.2, 0.25) is 0 Å². The normalized spacial score (nSPS) is 15.2. The fraction of sp³-hybridized carbons (Fsp3) is 0.520. The van der Waals surface area contributed by atoms with Crippen molar-refractivity contribution in [3.05, 3.63) is 54.1 Å². The lowest BCUT2D eigenvalue weighted by molar-refractivity contribution is 0.0891. The number of rotatable bonds is 6. The fourth-order valence-corrected chi connectivity index (χ4v) is 4.32. The average Bonchev–Trinajstić information content (AvgIpc) is 2.73. The van der Waals surface area contributed by atoms with Crippen molar-refractivity contribution in [1.82, 2.24) is 25.1 Å². The molecule has 3 rings (SSSR count). The molecular formula is C25H35N5O3. The Balaban J connectivity index is 1.47. The van der Waals surface area contributed by atoms with E-state index in [4.69, 9.17) is 4.74 Å². The minimum Gasteiger partial charge on any atom is -0.410 e. The van der Waals surface area contributed by atoms with E-state index in [9.17, 15) is 9.59 Å². The van der Waals surface area contributed by atoms with E-state index in [0.29, 0.717) is 30.9 Å². The number of nitrogens with one attached hydrogen (secondary N) is 1. The van der Waals surface area contributed by atoms with Crippen LogP contribution in [0.25, 0.3) is 0 Å². The maximum Gasteiger partial charge on any atom is 0.415 e. The molecule has 0 saturated carbocycles. The number of carbonyl (C=O) groups excluding carboxylic acids is 2. The van der Waals surface area contributed by atoms with E-state index in [1.54, 1.807) is 47.8 Å². The van der Waals surface area contributed by atoms with Crippen LogP contribution in [-0.4, -0.2) is 63.5 Å². The van der Waals surface area contributed by atoms with Crippen LogP contribution in [0.4, 0.5) is 4.79 Å². The molecular weight excluding hydrogens is 418 g/mol. The van der Waals surface area contributed by atoms with Crippen LogP contribution in [0.1, 0.15) is 57.1 Å². The van der Waals surface area contributed by atoms with Gasteiger partial charge in [-0.05, 0) is 49.9 Å². The smallest absolute Gasteiger partial charge is 0.410 e. The van der Waals surface area contributed by atoms with Crippen LogP contribution >= 0.6 is 0 Å². The lowest BCUT2D eigenvalue weighted by atomic mass is 9.81. The second-order valence-electron chi connectivity index (χ2n) is 10.4. The van der Waals surface area contributed by atoms with Crippen LogP contribution in [0.15, 0.2) is 42.9 Å². The van der Waals surface area contributed by atoms with Gasteiger partial charge in [-0.25, -0.2) is 4.79 Å². The molecule has 8 heteroatoms. The van der Waals surface area contributed by atoms with Gasteiger partial charge in [-0.15, -0.1) is 0 Å². The quantitative estimate of drug-likeness (QED) is 0.717. The zero-order valence-electron chi connectivity index (χ0n) is 20.3. The van der Waals surface area contributed by atoms with E-state index in [-0.39, 0.29) is 23.0 Å². The molecule has 1 aliphatic heterocycles. The largest absolute Gasteiger partial charge is 0.415 e. The van der Waals surface area contributed by atoms with Crippen LogP contribution < -0.4 is 10.1 Å². The second-order valence-corrected chi connectivity index (χ2v) is 10.4. The van der Waals surface area contributed by atoms with Gasteiger partial charge >= 0.3 is 6.09 Å². The lowest BCUT2D eigenvalue weighted by Crippen LogP contribution is -2.49. The first-order valence-electron chi connectivity index (χ1n) is 11.4. The summed E-state index contributed by atoms with van der Waals surface area (Å²) in [5, 5.41) is 3.09. The Morgan fingerprint density at radius 2 is 1.67 bits per heavy atom. The zero-order valence-corrected chi connectivity index (χ0v) is 20.3. The van der Waals surface area contributed by atoms with Gasteiger partial charge in [0, 0.05) is 62.4 Å². The summed E-state index contributed by atoms with van der Waals surface area (Å²) in [7, 11) is 0. The Morgan fingerprint density at radius 3 is 2.24 bits per heavy atom. The Morgan fingerprint density at radius 1 is 1.00 bits per heavy atom.